The van der Waals surface area contributed by atoms with Gasteiger partial charge in [-0.15, -0.1) is 0 Å². The van der Waals surface area contributed by atoms with Crippen molar-refractivity contribution in [2.24, 2.45) is 0 Å². The lowest BCUT2D eigenvalue weighted by Crippen LogP contribution is -2.12. The van der Waals surface area contributed by atoms with Gasteiger partial charge in [-0.3, -0.25) is 0 Å². The number of fused-ring (bicyclic) bond motifs is 3. The van der Waals surface area contributed by atoms with Gasteiger partial charge in [0.15, 0.2) is 0 Å². The standard InChI is InChI=1S/C49H42N2/c1-4-36(31-35(2)3)38-21-24-44(25-22-38)50(47-26-23-37-13-8-9-15-40(37)33-47)45-27-29-46(30-28-45)51(43-18-6-5-7-19-43)49-20-12-17-42-32-39-14-10-11-16-41(39)34-48(42)49/h5-34,36H,4H2,1-3H3. The highest BCUT2D eigenvalue weighted by atomic mass is 15.2. The number of rotatable bonds is 9. The van der Waals surface area contributed by atoms with E-state index in [0.717, 1.165) is 40.5 Å². The van der Waals surface area contributed by atoms with E-state index < -0.39 is 0 Å². The highest BCUT2D eigenvalue weighted by molar-refractivity contribution is 6.06. The highest BCUT2D eigenvalue weighted by Crippen LogP contribution is 2.42. The van der Waals surface area contributed by atoms with Crippen LogP contribution in [-0.2, 0) is 0 Å². The van der Waals surface area contributed by atoms with Crippen molar-refractivity contribution in [2.45, 2.75) is 33.1 Å². The molecule has 0 fully saturated rings. The first-order valence-corrected chi connectivity index (χ1v) is 18.0. The Morgan fingerprint density at radius 3 is 1.61 bits per heavy atom. The average molecular weight is 659 g/mol. The van der Waals surface area contributed by atoms with Crippen LogP contribution in [0.1, 0.15) is 38.7 Å². The smallest absolute Gasteiger partial charge is 0.0540 e. The second kappa shape index (κ2) is 14.0. The maximum Gasteiger partial charge on any atom is 0.0540 e. The molecule has 8 aromatic rings. The lowest BCUT2D eigenvalue weighted by molar-refractivity contribution is 0.798. The Labute approximate surface area is 301 Å². The van der Waals surface area contributed by atoms with Crippen molar-refractivity contribution >= 4 is 66.4 Å². The highest BCUT2D eigenvalue weighted by Gasteiger charge is 2.18. The molecule has 51 heavy (non-hydrogen) atoms. The number of benzene rings is 8. The van der Waals surface area contributed by atoms with Gasteiger partial charge in [-0.25, -0.2) is 0 Å². The molecule has 0 saturated heterocycles. The fourth-order valence-electron chi connectivity index (χ4n) is 7.39. The molecular weight excluding hydrogens is 617 g/mol. The molecule has 8 rings (SSSR count). The van der Waals surface area contributed by atoms with Gasteiger partial charge in [0.25, 0.3) is 0 Å². The van der Waals surface area contributed by atoms with Gasteiger partial charge in [-0.1, -0.05) is 116 Å². The molecule has 8 aromatic carbocycles. The number of hydrogen-bond acceptors (Lipinski definition) is 2. The Morgan fingerprint density at radius 2 is 0.961 bits per heavy atom. The zero-order valence-electron chi connectivity index (χ0n) is 29.5. The number of anilines is 6. The van der Waals surface area contributed by atoms with E-state index >= 15 is 0 Å². The summed E-state index contributed by atoms with van der Waals surface area (Å²) >= 11 is 0. The molecule has 1 unspecified atom stereocenters. The maximum absolute atomic E-state index is 2.38. The van der Waals surface area contributed by atoms with Crippen LogP contribution < -0.4 is 9.80 Å². The summed E-state index contributed by atoms with van der Waals surface area (Å²) < 4.78 is 0. The summed E-state index contributed by atoms with van der Waals surface area (Å²) in [6.45, 7) is 6.63. The molecule has 0 radical (unpaired) electrons. The van der Waals surface area contributed by atoms with Crippen LogP contribution in [0, 0.1) is 0 Å². The Balaban J connectivity index is 1.24. The van der Waals surface area contributed by atoms with Gasteiger partial charge in [0.2, 0.25) is 0 Å². The van der Waals surface area contributed by atoms with Crippen LogP contribution in [0.4, 0.5) is 34.1 Å². The first-order valence-electron chi connectivity index (χ1n) is 18.0. The summed E-state index contributed by atoms with van der Waals surface area (Å²) in [4.78, 5) is 4.75. The Bertz CT molecular complexity index is 2470. The molecule has 0 aromatic heterocycles. The maximum atomic E-state index is 2.38. The van der Waals surface area contributed by atoms with Crippen molar-refractivity contribution in [1.82, 2.24) is 0 Å². The van der Waals surface area contributed by atoms with Crippen molar-refractivity contribution in [1.29, 1.82) is 0 Å². The van der Waals surface area contributed by atoms with Gasteiger partial charge >= 0.3 is 0 Å². The quantitative estimate of drug-likeness (QED) is 0.112. The van der Waals surface area contributed by atoms with Crippen LogP contribution in [0.2, 0.25) is 0 Å². The molecule has 0 spiro atoms. The topological polar surface area (TPSA) is 6.48 Å². The third kappa shape index (κ3) is 6.49. The molecule has 2 heteroatoms. The average Bonchev–Trinajstić information content (AvgIpc) is 3.18. The van der Waals surface area contributed by atoms with Gasteiger partial charge in [-0.2, -0.15) is 0 Å². The van der Waals surface area contributed by atoms with Crippen LogP contribution in [0.25, 0.3) is 32.3 Å². The third-order valence-corrected chi connectivity index (χ3v) is 9.89. The Kier molecular flexibility index (Phi) is 8.82. The Hall–Kier alpha value is -6.12. The van der Waals surface area contributed by atoms with Crippen molar-refractivity contribution in [3.8, 4) is 0 Å². The van der Waals surface area contributed by atoms with Crippen LogP contribution >= 0.6 is 0 Å². The number of allylic oxidation sites excluding steroid dienone is 2. The van der Waals surface area contributed by atoms with Gasteiger partial charge < -0.3 is 9.80 Å². The number of hydrogen-bond donors (Lipinski definition) is 0. The molecule has 0 aliphatic carbocycles. The lowest BCUT2D eigenvalue weighted by atomic mass is 9.94. The van der Waals surface area contributed by atoms with Crippen LogP contribution in [0.5, 0.6) is 0 Å². The summed E-state index contributed by atoms with van der Waals surface area (Å²) in [6.07, 6.45) is 3.46. The SMILES string of the molecule is CCC(C=C(C)C)c1ccc(N(c2ccc(N(c3ccccc3)c3cccc4cc5ccccc5cc34)cc2)c2ccc3ccccc3c2)cc1. The molecule has 0 N–H and O–H groups in total. The number of nitrogens with zero attached hydrogens (tertiary/aromatic N) is 2. The second-order valence-electron chi connectivity index (χ2n) is 13.6. The van der Waals surface area contributed by atoms with E-state index in [1.165, 1.54) is 43.5 Å². The summed E-state index contributed by atoms with van der Waals surface area (Å²) in [6, 6.07) is 64.1. The van der Waals surface area contributed by atoms with E-state index in [4.69, 9.17) is 0 Å². The van der Waals surface area contributed by atoms with Crippen LogP contribution in [0.15, 0.2) is 188 Å². The van der Waals surface area contributed by atoms with Gasteiger partial charge in [-0.05, 0) is 132 Å². The zero-order chi connectivity index (χ0) is 34.7. The fourth-order valence-corrected chi connectivity index (χ4v) is 7.39. The minimum atomic E-state index is 0.411. The third-order valence-electron chi connectivity index (χ3n) is 9.89. The fraction of sp³-hybridized carbons (Fsp3) is 0.102. The summed E-state index contributed by atoms with van der Waals surface area (Å²) in [5.41, 5.74) is 9.45. The predicted molar refractivity (Wildman–Crippen MR) is 221 cm³/mol. The zero-order valence-corrected chi connectivity index (χ0v) is 29.5. The summed E-state index contributed by atoms with van der Waals surface area (Å²) in [7, 11) is 0. The minimum absolute atomic E-state index is 0.411. The van der Waals surface area contributed by atoms with Gasteiger partial charge in [0.05, 0.1) is 5.69 Å². The van der Waals surface area contributed by atoms with Gasteiger partial charge in [0.1, 0.15) is 0 Å². The minimum Gasteiger partial charge on any atom is -0.310 e. The predicted octanol–water partition coefficient (Wildman–Crippen LogP) is 14.5. The van der Waals surface area contributed by atoms with Gasteiger partial charge in [0, 0.05) is 39.7 Å². The lowest BCUT2D eigenvalue weighted by Gasteiger charge is -2.29. The normalized spacial score (nSPS) is 11.8. The monoisotopic (exact) mass is 658 g/mol. The van der Waals surface area contributed by atoms with Crippen molar-refractivity contribution in [2.75, 3.05) is 9.80 Å². The number of para-hydroxylation sites is 1. The Morgan fingerprint density at radius 1 is 0.451 bits per heavy atom. The summed E-state index contributed by atoms with van der Waals surface area (Å²) in [5.74, 6) is 0.411. The molecule has 0 aliphatic heterocycles. The molecule has 1 atom stereocenters. The van der Waals surface area contributed by atoms with Crippen LogP contribution in [-0.4, -0.2) is 0 Å². The molecule has 2 nitrogen and oxygen atoms in total. The van der Waals surface area contributed by atoms with Crippen molar-refractivity contribution in [3.05, 3.63) is 193 Å². The molecule has 248 valence electrons. The largest absolute Gasteiger partial charge is 0.310 e. The molecule has 0 aliphatic rings. The van der Waals surface area contributed by atoms with E-state index in [1.54, 1.807) is 0 Å². The second-order valence-corrected chi connectivity index (χ2v) is 13.6. The van der Waals surface area contributed by atoms with E-state index in [-0.39, 0.29) is 0 Å². The summed E-state index contributed by atoms with van der Waals surface area (Å²) in [5, 5.41) is 7.40. The van der Waals surface area contributed by atoms with E-state index in [1.807, 2.05) is 0 Å². The van der Waals surface area contributed by atoms with Crippen LogP contribution in [0.3, 0.4) is 0 Å². The molecule has 0 heterocycles. The van der Waals surface area contributed by atoms with E-state index in [9.17, 15) is 0 Å². The molecular formula is C49H42N2. The van der Waals surface area contributed by atoms with E-state index in [0.29, 0.717) is 5.92 Å². The molecule has 0 amide bonds. The van der Waals surface area contributed by atoms with Crippen molar-refractivity contribution in [3.63, 3.8) is 0 Å². The first kappa shape index (κ1) is 32.1. The van der Waals surface area contributed by atoms with E-state index in [2.05, 4.69) is 213 Å². The molecule has 0 saturated carbocycles. The van der Waals surface area contributed by atoms with Crippen molar-refractivity contribution < 1.29 is 0 Å². The first-order chi connectivity index (χ1) is 25.1. The molecule has 0 bridgehead atoms.